The van der Waals surface area contributed by atoms with Crippen LogP contribution in [0.5, 0.6) is 11.5 Å². The topological polar surface area (TPSA) is 83.6 Å². The van der Waals surface area contributed by atoms with Crippen molar-refractivity contribution < 1.29 is 15.0 Å². The van der Waals surface area contributed by atoms with Gasteiger partial charge in [-0.2, -0.15) is 0 Å². The van der Waals surface area contributed by atoms with E-state index in [0.717, 1.165) is 0 Å². The molecule has 1 aromatic carbocycles. The van der Waals surface area contributed by atoms with Crippen molar-refractivity contribution >= 4 is 12.0 Å². The van der Waals surface area contributed by atoms with Crippen LogP contribution < -0.4 is 5.73 Å². The first-order chi connectivity index (χ1) is 6.61. The number of amides is 1. The highest BCUT2D eigenvalue weighted by Crippen LogP contribution is 2.27. The lowest BCUT2D eigenvalue weighted by Crippen LogP contribution is -2.07. The lowest BCUT2D eigenvalue weighted by Gasteiger charge is -2.00. The standard InChI is InChI=1S/C10H11NO3/c11-10(14)6-1-3-7-8(12)4-2-5-9(7)13/h1-5,12-13H,6H2,(H2,11,14). The van der Waals surface area contributed by atoms with E-state index in [4.69, 9.17) is 5.73 Å². The molecule has 4 N–H and O–H groups in total. The van der Waals surface area contributed by atoms with Gasteiger partial charge in [-0.1, -0.05) is 18.2 Å². The zero-order valence-electron chi connectivity index (χ0n) is 7.47. The number of aromatic hydroxyl groups is 2. The number of carbonyl (C=O) groups excluding carboxylic acids is 1. The molecule has 0 saturated carbocycles. The Hall–Kier alpha value is -1.97. The number of carbonyl (C=O) groups is 1. The van der Waals surface area contributed by atoms with E-state index < -0.39 is 5.91 Å². The van der Waals surface area contributed by atoms with E-state index in [1.165, 1.54) is 30.4 Å². The predicted octanol–water partition coefficient (Wildman–Crippen LogP) is 0.986. The van der Waals surface area contributed by atoms with E-state index >= 15 is 0 Å². The summed E-state index contributed by atoms with van der Waals surface area (Å²) < 4.78 is 0. The van der Waals surface area contributed by atoms with Gasteiger partial charge in [-0.05, 0) is 12.1 Å². The van der Waals surface area contributed by atoms with Crippen LogP contribution in [0.25, 0.3) is 6.08 Å². The third kappa shape index (κ3) is 2.52. The fourth-order valence-corrected chi connectivity index (χ4v) is 1.00. The number of nitrogens with two attached hydrogens (primary N) is 1. The van der Waals surface area contributed by atoms with Gasteiger partial charge in [-0.3, -0.25) is 4.79 Å². The number of primary amides is 1. The Bertz CT molecular complexity index is 351. The van der Waals surface area contributed by atoms with Crippen molar-refractivity contribution in [3.8, 4) is 11.5 Å². The van der Waals surface area contributed by atoms with Crippen molar-refractivity contribution in [1.82, 2.24) is 0 Å². The quantitative estimate of drug-likeness (QED) is 0.669. The summed E-state index contributed by atoms with van der Waals surface area (Å²) in [6.45, 7) is 0. The molecule has 0 aliphatic carbocycles. The van der Waals surface area contributed by atoms with Gasteiger partial charge >= 0.3 is 0 Å². The lowest BCUT2D eigenvalue weighted by molar-refractivity contribution is -0.117. The zero-order chi connectivity index (χ0) is 10.6. The molecule has 1 rings (SSSR count). The summed E-state index contributed by atoms with van der Waals surface area (Å²) in [4.78, 5) is 10.4. The van der Waals surface area contributed by atoms with Gasteiger partial charge in [0.25, 0.3) is 0 Å². The molecule has 74 valence electrons. The van der Waals surface area contributed by atoms with Gasteiger partial charge in [-0.25, -0.2) is 0 Å². The molecule has 4 nitrogen and oxygen atoms in total. The summed E-state index contributed by atoms with van der Waals surface area (Å²) >= 11 is 0. The Kier molecular flexibility index (Phi) is 3.12. The van der Waals surface area contributed by atoms with Gasteiger partial charge in [-0.15, -0.1) is 0 Å². The highest BCUT2D eigenvalue weighted by molar-refractivity contribution is 5.77. The van der Waals surface area contributed by atoms with Crippen molar-refractivity contribution in [2.45, 2.75) is 6.42 Å². The van der Waals surface area contributed by atoms with Gasteiger partial charge in [0.1, 0.15) is 11.5 Å². The molecule has 0 spiro atoms. The first kappa shape index (κ1) is 10.1. The summed E-state index contributed by atoms with van der Waals surface area (Å²) in [6.07, 6.45) is 3.01. The molecule has 0 radical (unpaired) electrons. The van der Waals surface area contributed by atoms with Crippen LogP contribution in [0, 0.1) is 0 Å². The van der Waals surface area contributed by atoms with E-state index in [9.17, 15) is 15.0 Å². The van der Waals surface area contributed by atoms with Crippen molar-refractivity contribution in [3.05, 3.63) is 29.8 Å². The van der Waals surface area contributed by atoms with Crippen LogP contribution in [-0.4, -0.2) is 16.1 Å². The van der Waals surface area contributed by atoms with E-state index in [1.54, 1.807) is 0 Å². The molecule has 1 aromatic rings. The van der Waals surface area contributed by atoms with E-state index in [1.807, 2.05) is 0 Å². The molecule has 0 bridgehead atoms. The highest BCUT2D eigenvalue weighted by Gasteiger charge is 2.01. The number of rotatable bonds is 3. The summed E-state index contributed by atoms with van der Waals surface area (Å²) in [5, 5.41) is 18.7. The average molecular weight is 193 g/mol. The van der Waals surface area contributed by atoms with Crippen LogP contribution in [0.3, 0.4) is 0 Å². The maximum absolute atomic E-state index is 10.4. The highest BCUT2D eigenvalue weighted by atomic mass is 16.3. The molecule has 0 aliphatic rings. The van der Waals surface area contributed by atoms with Gasteiger partial charge in [0.15, 0.2) is 0 Å². The molecule has 0 aromatic heterocycles. The number of phenolic OH excluding ortho intramolecular Hbond substituents is 2. The number of benzene rings is 1. The minimum atomic E-state index is -0.462. The van der Waals surface area contributed by atoms with Crippen molar-refractivity contribution in [2.24, 2.45) is 5.73 Å². The van der Waals surface area contributed by atoms with Crippen LogP contribution in [0.4, 0.5) is 0 Å². The Balaban J connectivity index is 2.85. The number of phenols is 2. The first-order valence-corrected chi connectivity index (χ1v) is 4.07. The maximum atomic E-state index is 10.4. The monoisotopic (exact) mass is 193 g/mol. The molecule has 0 atom stereocenters. The summed E-state index contributed by atoms with van der Waals surface area (Å²) in [7, 11) is 0. The van der Waals surface area contributed by atoms with E-state index in [2.05, 4.69) is 0 Å². The molecule has 0 unspecified atom stereocenters. The SMILES string of the molecule is NC(=O)CC=Cc1c(O)cccc1O. The number of hydrogen-bond acceptors (Lipinski definition) is 3. The minimum absolute atomic E-state index is 0.0364. The van der Waals surface area contributed by atoms with Crippen LogP contribution in [0.2, 0.25) is 0 Å². The molecular weight excluding hydrogens is 182 g/mol. The van der Waals surface area contributed by atoms with E-state index in [-0.39, 0.29) is 23.5 Å². The summed E-state index contributed by atoms with van der Waals surface area (Å²) in [5.41, 5.74) is 5.20. The molecule has 0 heterocycles. The summed E-state index contributed by atoms with van der Waals surface area (Å²) in [6, 6.07) is 4.42. The Morgan fingerprint density at radius 2 is 1.93 bits per heavy atom. The van der Waals surface area contributed by atoms with E-state index in [0.29, 0.717) is 0 Å². The zero-order valence-corrected chi connectivity index (χ0v) is 7.47. The maximum Gasteiger partial charge on any atom is 0.221 e. The van der Waals surface area contributed by atoms with Gasteiger partial charge in [0.2, 0.25) is 5.91 Å². The second kappa shape index (κ2) is 4.32. The lowest BCUT2D eigenvalue weighted by atomic mass is 10.1. The van der Waals surface area contributed by atoms with Crippen molar-refractivity contribution in [2.75, 3.05) is 0 Å². The molecule has 4 heteroatoms. The molecular formula is C10H11NO3. The fourth-order valence-electron chi connectivity index (χ4n) is 1.00. The van der Waals surface area contributed by atoms with Crippen LogP contribution in [0.1, 0.15) is 12.0 Å². The predicted molar refractivity (Wildman–Crippen MR) is 52.6 cm³/mol. The molecule has 1 amide bonds. The van der Waals surface area contributed by atoms with Crippen LogP contribution in [0.15, 0.2) is 24.3 Å². The third-order valence-electron chi connectivity index (χ3n) is 1.66. The smallest absolute Gasteiger partial charge is 0.221 e. The van der Waals surface area contributed by atoms with Crippen LogP contribution >= 0.6 is 0 Å². The minimum Gasteiger partial charge on any atom is -0.507 e. The van der Waals surface area contributed by atoms with Crippen molar-refractivity contribution in [1.29, 1.82) is 0 Å². The second-order valence-electron chi connectivity index (χ2n) is 2.78. The first-order valence-electron chi connectivity index (χ1n) is 4.07. The Morgan fingerprint density at radius 3 is 2.43 bits per heavy atom. The normalized spacial score (nSPS) is 10.6. The molecule has 0 aliphatic heterocycles. The van der Waals surface area contributed by atoms with Gasteiger partial charge < -0.3 is 15.9 Å². The van der Waals surface area contributed by atoms with Crippen LogP contribution in [-0.2, 0) is 4.79 Å². The second-order valence-corrected chi connectivity index (χ2v) is 2.78. The Morgan fingerprint density at radius 1 is 1.36 bits per heavy atom. The average Bonchev–Trinajstić information content (AvgIpc) is 2.09. The fraction of sp³-hybridized carbons (Fsp3) is 0.100. The van der Waals surface area contributed by atoms with Crippen molar-refractivity contribution in [3.63, 3.8) is 0 Å². The van der Waals surface area contributed by atoms with Gasteiger partial charge in [0.05, 0.1) is 5.56 Å². The molecule has 0 saturated heterocycles. The largest absolute Gasteiger partial charge is 0.507 e. The molecule has 0 fully saturated rings. The van der Waals surface area contributed by atoms with Gasteiger partial charge in [0, 0.05) is 6.42 Å². The summed E-state index contributed by atoms with van der Waals surface area (Å²) in [5.74, 6) is -0.535. The Labute approximate surface area is 81.3 Å². The number of hydrogen-bond donors (Lipinski definition) is 3. The third-order valence-corrected chi connectivity index (χ3v) is 1.66. The molecule has 14 heavy (non-hydrogen) atoms.